The number of aliphatic hydroxyl groups is 6. The van der Waals surface area contributed by atoms with Gasteiger partial charge in [0.2, 0.25) is 6.29 Å². The molecule has 0 amide bonds. The van der Waals surface area contributed by atoms with Crippen LogP contribution in [0.25, 0.3) is 0 Å². The van der Waals surface area contributed by atoms with Crippen molar-refractivity contribution in [2.24, 2.45) is 0 Å². The zero-order valence-corrected chi connectivity index (χ0v) is 21.8. The molecular weight excluding hydrogens is 548 g/mol. The second-order valence-corrected chi connectivity index (χ2v) is 10.2. The van der Waals surface area contributed by atoms with Crippen molar-refractivity contribution in [3.05, 3.63) is 47.5 Å². The van der Waals surface area contributed by atoms with E-state index in [9.17, 15) is 45.6 Å². The Kier molecular flexibility index (Phi) is 8.39. The highest BCUT2D eigenvalue weighted by atomic mass is 16.7. The summed E-state index contributed by atoms with van der Waals surface area (Å²) in [7, 11) is 0. The van der Waals surface area contributed by atoms with E-state index in [0.717, 1.165) is 6.07 Å². The number of ketones is 1. The molecule has 41 heavy (non-hydrogen) atoms. The summed E-state index contributed by atoms with van der Waals surface area (Å²) in [6, 6.07) is 8.53. The van der Waals surface area contributed by atoms with Crippen LogP contribution in [0, 0.1) is 0 Å². The van der Waals surface area contributed by atoms with Gasteiger partial charge in [-0.25, -0.2) is 0 Å². The third-order valence-corrected chi connectivity index (χ3v) is 7.41. The Morgan fingerprint density at radius 1 is 0.878 bits per heavy atom. The van der Waals surface area contributed by atoms with Gasteiger partial charge in [-0.1, -0.05) is 12.1 Å². The van der Waals surface area contributed by atoms with Crippen LogP contribution in [0.1, 0.15) is 35.4 Å². The molecule has 11 atom stereocenters. The van der Waals surface area contributed by atoms with Gasteiger partial charge in [0.15, 0.2) is 12.1 Å². The topological polar surface area (TPSA) is 225 Å². The molecule has 2 saturated heterocycles. The standard InChI is InChI=1S/C27H32O14/c1-10-20(32)21(33)23(35)26(37-10)41-25-18(9-28)40-27(24(36)22(25)34)38-13-4-2-11(3-5-13)16-8-15(31)19-14(30)6-12(29)7-17(19)39-16/h2-7,10,16,18,20-30,32-36H,8-9H2,1H3/t10-,16?,18+,20-,21+,22+,23+,24+,25+,26-,27+/m0/s1. The number of carbonyl (C=O) groups is 1. The summed E-state index contributed by atoms with van der Waals surface area (Å²) >= 11 is 0. The van der Waals surface area contributed by atoms with E-state index < -0.39 is 74.1 Å². The minimum Gasteiger partial charge on any atom is -0.508 e. The molecule has 1 unspecified atom stereocenters. The van der Waals surface area contributed by atoms with E-state index in [1.807, 2.05) is 0 Å². The Balaban J connectivity index is 1.24. The molecule has 2 aromatic rings. The first-order valence-electron chi connectivity index (χ1n) is 13.0. The number of aromatic hydroxyl groups is 2. The first-order valence-corrected chi connectivity index (χ1v) is 13.0. The number of carbonyl (C=O) groups excluding carboxylic acids is 1. The van der Waals surface area contributed by atoms with Crippen LogP contribution in [0.2, 0.25) is 0 Å². The largest absolute Gasteiger partial charge is 0.508 e. The predicted molar refractivity (Wildman–Crippen MR) is 134 cm³/mol. The van der Waals surface area contributed by atoms with Gasteiger partial charge in [-0.3, -0.25) is 4.79 Å². The van der Waals surface area contributed by atoms with Crippen molar-refractivity contribution in [2.45, 2.75) is 80.9 Å². The average Bonchev–Trinajstić information content (AvgIpc) is 2.94. The summed E-state index contributed by atoms with van der Waals surface area (Å²) in [6.45, 7) is 0.778. The van der Waals surface area contributed by atoms with Crippen LogP contribution in [-0.4, -0.2) is 115 Å². The highest BCUT2D eigenvalue weighted by Gasteiger charge is 2.50. The first kappa shape index (κ1) is 29.4. The van der Waals surface area contributed by atoms with Crippen LogP contribution >= 0.6 is 0 Å². The maximum absolute atomic E-state index is 12.6. The molecule has 2 fully saturated rings. The Hall–Kier alpha value is -3.05. The number of hydrogen-bond donors (Lipinski definition) is 8. The van der Waals surface area contributed by atoms with Crippen LogP contribution in [-0.2, 0) is 14.2 Å². The van der Waals surface area contributed by atoms with Crippen LogP contribution in [0.4, 0.5) is 0 Å². The summed E-state index contributed by atoms with van der Waals surface area (Å²) in [6.07, 6.45) is -15.2. The summed E-state index contributed by atoms with van der Waals surface area (Å²) in [4.78, 5) is 12.6. The third kappa shape index (κ3) is 5.70. The number of rotatable bonds is 6. The molecule has 0 saturated carbocycles. The van der Waals surface area contributed by atoms with Gasteiger partial charge in [0.05, 0.1) is 19.1 Å². The normalized spacial score (nSPS) is 37.2. The lowest BCUT2D eigenvalue weighted by atomic mass is 9.95. The zero-order valence-electron chi connectivity index (χ0n) is 21.8. The minimum absolute atomic E-state index is 0.00504. The third-order valence-electron chi connectivity index (χ3n) is 7.41. The van der Waals surface area contributed by atoms with Gasteiger partial charge in [0.1, 0.15) is 77.4 Å². The molecule has 3 aliphatic heterocycles. The van der Waals surface area contributed by atoms with Crippen molar-refractivity contribution in [2.75, 3.05) is 6.61 Å². The number of ether oxygens (including phenoxy) is 5. The van der Waals surface area contributed by atoms with Crippen LogP contribution in [0.3, 0.4) is 0 Å². The fourth-order valence-corrected chi connectivity index (χ4v) is 5.10. The summed E-state index contributed by atoms with van der Waals surface area (Å²) in [5.41, 5.74) is 0.577. The van der Waals surface area contributed by atoms with Crippen molar-refractivity contribution in [1.29, 1.82) is 0 Å². The van der Waals surface area contributed by atoms with Crippen molar-refractivity contribution in [1.82, 2.24) is 0 Å². The molecule has 0 radical (unpaired) electrons. The maximum Gasteiger partial charge on any atom is 0.229 e. The van der Waals surface area contributed by atoms with E-state index >= 15 is 0 Å². The maximum atomic E-state index is 12.6. The lowest BCUT2D eigenvalue weighted by Crippen LogP contribution is -2.64. The second kappa shape index (κ2) is 11.7. The molecule has 0 spiro atoms. The lowest BCUT2D eigenvalue weighted by Gasteiger charge is -2.45. The van der Waals surface area contributed by atoms with Crippen molar-refractivity contribution >= 4 is 5.78 Å². The average molecular weight is 581 g/mol. The SMILES string of the molecule is C[C@@H]1O[C@@H](O[C@H]2[C@H](O)[C@@H](O)[C@H](Oc3ccc(C4CC(=O)c5c(O)cc(O)cc5O4)cc3)O[C@@H]2CO)[C@H](O)[C@H](O)[C@H]1O. The van der Waals surface area contributed by atoms with E-state index in [1.165, 1.54) is 25.1 Å². The Morgan fingerprint density at radius 3 is 2.24 bits per heavy atom. The van der Waals surface area contributed by atoms with Gasteiger partial charge in [-0.2, -0.15) is 0 Å². The number of aliphatic hydroxyl groups excluding tert-OH is 6. The number of phenols is 2. The second-order valence-electron chi connectivity index (χ2n) is 10.2. The van der Waals surface area contributed by atoms with Crippen molar-refractivity contribution in [3.63, 3.8) is 0 Å². The van der Waals surface area contributed by atoms with Crippen LogP contribution in [0.5, 0.6) is 23.0 Å². The van der Waals surface area contributed by atoms with Crippen LogP contribution < -0.4 is 9.47 Å². The Bertz CT molecular complexity index is 1240. The molecule has 14 nitrogen and oxygen atoms in total. The molecule has 5 rings (SSSR count). The van der Waals surface area contributed by atoms with E-state index in [0.29, 0.717) is 5.56 Å². The van der Waals surface area contributed by atoms with Gasteiger partial charge in [0, 0.05) is 12.1 Å². The molecule has 224 valence electrons. The van der Waals surface area contributed by atoms with Gasteiger partial charge in [-0.15, -0.1) is 0 Å². The summed E-state index contributed by atoms with van der Waals surface area (Å²) < 4.78 is 28.1. The molecule has 0 bridgehead atoms. The zero-order chi connectivity index (χ0) is 29.6. The number of fused-ring (bicyclic) bond motifs is 1. The molecule has 14 heteroatoms. The molecule has 3 aliphatic rings. The molecule has 8 N–H and O–H groups in total. The minimum atomic E-state index is -1.68. The predicted octanol–water partition coefficient (Wildman–Crippen LogP) is -1.17. The number of Topliss-reactive ketones (excluding diaryl/α,β-unsaturated/α-hetero) is 1. The smallest absolute Gasteiger partial charge is 0.229 e. The molecular formula is C27H32O14. The molecule has 0 aliphatic carbocycles. The first-order chi connectivity index (χ1) is 19.5. The van der Waals surface area contributed by atoms with E-state index in [1.54, 1.807) is 12.1 Å². The van der Waals surface area contributed by atoms with E-state index in [2.05, 4.69) is 0 Å². The van der Waals surface area contributed by atoms with Gasteiger partial charge in [-0.05, 0) is 24.6 Å². The molecule has 2 aromatic carbocycles. The van der Waals surface area contributed by atoms with Crippen LogP contribution in [0.15, 0.2) is 36.4 Å². The van der Waals surface area contributed by atoms with Crippen molar-refractivity contribution < 1.29 is 69.3 Å². The highest BCUT2D eigenvalue weighted by Crippen LogP contribution is 2.42. The molecule has 0 aromatic heterocycles. The number of phenolic OH excluding ortho intramolecular Hbond substituents is 2. The highest BCUT2D eigenvalue weighted by molar-refractivity contribution is 6.02. The summed E-state index contributed by atoms with van der Waals surface area (Å²) in [5.74, 6) is -0.734. The Labute approximate surface area is 233 Å². The van der Waals surface area contributed by atoms with E-state index in [-0.39, 0.29) is 40.8 Å². The molecule has 3 heterocycles. The fraction of sp³-hybridized carbons (Fsp3) is 0.519. The number of hydrogen-bond acceptors (Lipinski definition) is 14. The summed E-state index contributed by atoms with van der Waals surface area (Å²) in [5, 5.41) is 81.2. The number of benzene rings is 2. The van der Waals surface area contributed by atoms with Gasteiger partial charge in [0.25, 0.3) is 0 Å². The monoisotopic (exact) mass is 580 g/mol. The Morgan fingerprint density at radius 2 is 1.56 bits per heavy atom. The van der Waals surface area contributed by atoms with Gasteiger partial charge >= 0.3 is 0 Å². The van der Waals surface area contributed by atoms with Gasteiger partial charge < -0.3 is 64.5 Å². The lowest BCUT2D eigenvalue weighted by molar-refractivity contribution is -0.349. The van der Waals surface area contributed by atoms with E-state index in [4.69, 9.17) is 23.7 Å². The van der Waals surface area contributed by atoms with Crippen molar-refractivity contribution in [3.8, 4) is 23.0 Å². The fourth-order valence-electron chi connectivity index (χ4n) is 5.10. The quantitative estimate of drug-likeness (QED) is 0.202.